The van der Waals surface area contributed by atoms with Gasteiger partial charge >= 0.3 is 6.18 Å². The maximum atomic E-state index is 13.9. The Kier molecular flexibility index (Phi) is 6.74. The number of rotatable bonds is 5. The Labute approximate surface area is 223 Å². The molecular weight excluding hydrogens is 565 g/mol. The van der Waals surface area contributed by atoms with Gasteiger partial charge in [0.1, 0.15) is 17.6 Å². The maximum absolute atomic E-state index is 13.9. The molecule has 8 nitrogen and oxygen atoms in total. The Bertz CT molecular complexity index is 1510. The van der Waals surface area contributed by atoms with Crippen molar-refractivity contribution in [1.82, 2.24) is 25.1 Å². The molecule has 2 atom stereocenters. The smallest absolute Gasteiger partial charge is 0.337 e. The molecule has 0 aliphatic carbocycles. The van der Waals surface area contributed by atoms with Crippen molar-refractivity contribution >= 4 is 33.6 Å². The predicted octanol–water partition coefficient (Wildman–Crippen LogP) is 4.74. The summed E-state index contributed by atoms with van der Waals surface area (Å²) in [7, 11) is 0. The number of anilines is 1. The van der Waals surface area contributed by atoms with Gasteiger partial charge in [0.2, 0.25) is 5.82 Å². The van der Waals surface area contributed by atoms with E-state index in [0.29, 0.717) is 27.5 Å². The summed E-state index contributed by atoms with van der Waals surface area (Å²) >= 11 is 3.54. The Hall–Kier alpha value is -4.06. The number of carbonyl (C=O) groups excluding carboxylic acids is 2. The Morgan fingerprint density at radius 2 is 1.76 bits per heavy atom. The van der Waals surface area contributed by atoms with Crippen molar-refractivity contribution in [2.24, 2.45) is 0 Å². The third-order valence-corrected chi connectivity index (χ3v) is 6.94. The van der Waals surface area contributed by atoms with Crippen molar-refractivity contribution in [2.45, 2.75) is 25.1 Å². The number of benzene rings is 2. The lowest BCUT2D eigenvalue weighted by Gasteiger charge is -2.38. The second-order valence-electron chi connectivity index (χ2n) is 8.47. The average molecular weight is 585 g/mol. The van der Waals surface area contributed by atoms with E-state index in [4.69, 9.17) is 0 Å². The lowest BCUT2D eigenvalue weighted by molar-refractivity contribution is -0.141. The van der Waals surface area contributed by atoms with E-state index in [-0.39, 0.29) is 6.54 Å². The zero-order chi connectivity index (χ0) is 27.0. The van der Waals surface area contributed by atoms with Gasteiger partial charge in [0.25, 0.3) is 11.8 Å². The second kappa shape index (κ2) is 10.0. The molecule has 0 fully saturated rings. The van der Waals surface area contributed by atoms with Crippen LogP contribution in [0.25, 0.3) is 5.69 Å². The molecule has 194 valence electrons. The zero-order valence-electron chi connectivity index (χ0n) is 19.9. The monoisotopic (exact) mass is 584 g/mol. The van der Waals surface area contributed by atoms with E-state index >= 15 is 0 Å². The molecular formula is C26H20BrF3N6O2. The van der Waals surface area contributed by atoms with Crippen molar-refractivity contribution in [3.63, 3.8) is 0 Å². The molecule has 3 heterocycles. The van der Waals surface area contributed by atoms with Crippen molar-refractivity contribution < 1.29 is 22.8 Å². The molecule has 1 aliphatic rings. The van der Waals surface area contributed by atoms with Gasteiger partial charge in [-0.1, -0.05) is 52.3 Å². The highest BCUT2D eigenvalue weighted by molar-refractivity contribution is 9.10. The largest absolute Gasteiger partial charge is 0.433 e. The second-order valence-corrected chi connectivity index (χ2v) is 9.32. The Balaban J connectivity index is 1.63. The molecule has 0 spiro atoms. The Morgan fingerprint density at radius 3 is 2.45 bits per heavy atom. The molecule has 12 heteroatoms. The molecule has 38 heavy (non-hydrogen) atoms. The van der Waals surface area contributed by atoms with Gasteiger partial charge in [-0.3, -0.25) is 14.5 Å². The van der Waals surface area contributed by atoms with E-state index in [2.05, 4.69) is 36.3 Å². The summed E-state index contributed by atoms with van der Waals surface area (Å²) in [5, 5.41) is 7.17. The number of para-hydroxylation sites is 1. The molecule has 0 unspecified atom stereocenters. The van der Waals surface area contributed by atoms with Crippen molar-refractivity contribution in [3.05, 3.63) is 100 Å². The highest BCUT2D eigenvalue weighted by Crippen LogP contribution is 2.43. The maximum Gasteiger partial charge on any atom is 0.433 e. The topological polar surface area (TPSA) is 93.0 Å². The fraction of sp³-hybridized carbons (Fsp3) is 0.192. The molecule has 2 aromatic carbocycles. The number of alkyl halides is 3. The fourth-order valence-electron chi connectivity index (χ4n) is 4.55. The number of hydrogen-bond donors (Lipinski definition) is 1. The van der Waals surface area contributed by atoms with Crippen LogP contribution >= 0.6 is 15.9 Å². The molecule has 5 rings (SSSR count). The van der Waals surface area contributed by atoms with E-state index < -0.39 is 41.5 Å². The first-order valence-corrected chi connectivity index (χ1v) is 12.4. The van der Waals surface area contributed by atoms with Gasteiger partial charge in [0.05, 0.1) is 11.9 Å². The molecule has 0 bridgehead atoms. The summed E-state index contributed by atoms with van der Waals surface area (Å²) in [5.41, 5.74) is 0.848. The minimum atomic E-state index is -4.75. The van der Waals surface area contributed by atoms with Crippen LogP contribution in [-0.2, 0) is 11.0 Å². The minimum Gasteiger partial charge on any atom is -0.337 e. The normalized spacial score (nSPS) is 17.3. The molecule has 1 aliphatic heterocycles. The van der Waals surface area contributed by atoms with Gasteiger partial charge in [-0.05, 0) is 36.8 Å². The van der Waals surface area contributed by atoms with Gasteiger partial charge in [0.15, 0.2) is 0 Å². The van der Waals surface area contributed by atoms with Crippen LogP contribution in [0, 0.1) is 0 Å². The number of amides is 2. The predicted molar refractivity (Wildman–Crippen MR) is 136 cm³/mol. The van der Waals surface area contributed by atoms with Gasteiger partial charge in [0, 0.05) is 28.7 Å². The van der Waals surface area contributed by atoms with Gasteiger partial charge in [-0.25, -0.2) is 14.6 Å². The van der Waals surface area contributed by atoms with Crippen LogP contribution in [0.2, 0.25) is 0 Å². The first-order valence-electron chi connectivity index (χ1n) is 11.6. The van der Waals surface area contributed by atoms with E-state index in [1.807, 2.05) is 48.5 Å². The summed E-state index contributed by atoms with van der Waals surface area (Å²) in [6, 6.07) is 16.0. The first-order chi connectivity index (χ1) is 18.2. The number of nitrogens with zero attached hydrogens (tertiary/aromatic N) is 5. The van der Waals surface area contributed by atoms with Crippen molar-refractivity contribution in [2.75, 3.05) is 11.4 Å². The number of aromatic nitrogens is 4. The summed E-state index contributed by atoms with van der Waals surface area (Å²) < 4.78 is 41.9. The van der Waals surface area contributed by atoms with E-state index in [9.17, 15) is 22.8 Å². The SMILES string of the molecule is CCN1C(=O)[C@H](NC(=O)c2nccc(C(F)(F)F)n2)[C@@H](c2ccccc2Br)c2cnn(-c3ccccc3)c21. The first kappa shape index (κ1) is 25.6. The van der Waals surface area contributed by atoms with Crippen LogP contribution in [0.3, 0.4) is 0 Å². The van der Waals surface area contributed by atoms with Gasteiger partial charge in [-0.15, -0.1) is 0 Å². The van der Waals surface area contributed by atoms with E-state index in [0.717, 1.165) is 11.9 Å². The zero-order valence-corrected chi connectivity index (χ0v) is 21.4. The average Bonchev–Trinajstić information content (AvgIpc) is 3.34. The molecule has 0 radical (unpaired) electrons. The van der Waals surface area contributed by atoms with Crippen LogP contribution in [0.5, 0.6) is 0 Å². The third kappa shape index (κ3) is 4.55. The third-order valence-electron chi connectivity index (χ3n) is 6.22. The van der Waals surface area contributed by atoms with Crippen LogP contribution in [-0.4, -0.2) is 44.1 Å². The molecule has 4 aromatic rings. The number of fused-ring (bicyclic) bond motifs is 1. The van der Waals surface area contributed by atoms with E-state index in [1.165, 1.54) is 4.90 Å². The molecule has 1 N–H and O–H groups in total. The highest BCUT2D eigenvalue weighted by Gasteiger charge is 2.45. The summed E-state index contributed by atoms with van der Waals surface area (Å²) in [6.07, 6.45) is -2.25. The number of nitrogens with one attached hydrogen (secondary N) is 1. The summed E-state index contributed by atoms with van der Waals surface area (Å²) in [6.45, 7) is 2.05. The highest BCUT2D eigenvalue weighted by atomic mass is 79.9. The van der Waals surface area contributed by atoms with Crippen molar-refractivity contribution in [3.8, 4) is 5.69 Å². The number of halogens is 4. The number of carbonyl (C=O) groups is 2. The number of hydrogen-bond acceptors (Lipinski definition) is 5. The van der Waals surface area contributed by atoms with E-state index in [1.54, 1.807) is 23.9 Å². The van der Waals surface area contributed by atoms with Gasteiger partial charge < -0.3 is 5.32 Å². The van der Waals surface area contributed by atoms with Gasteiger partial charge in [-0.2, -0.15) is 18.3 Å². The van der Waals surface area contributed by atoms with Crippen LogP contribution < -0.4 is 10.2 Å². The van der Waals surface area contributed by atoms with Crippen LogP contribution in [0.1, 0.15) is 40.3 Å². The molecule has 0 saturated heterocycles. The molecule has 2 amide bonds. The summed E-state index contributed by atoms with van der Waals surface area (Å²) in [4.78, 5) is 35.6. The lowest BCUT2D eigenvalue weighted by Crippen LogP contribution is -2.55. The summed E-state index contributed by atoms with van der Waals surface area (Å²) in [5.74, 6) is -2.29. The standard InChI is InChI=1S/C26H20BrF3N6O2/c1-2-35-24-17(14-32-36(24)15-8-4-3-5-9-15)20(16-10-6-7-11-18(16)27)21(25(35)38)34-23(37)22-31-13-12-19(33-22)26(28,29)30/h3-14,20-21H,2H2,1H3,(H,34,37)/t20-,21+/m0/s1. The quantitative estimate of drug-likeness (QED) is 0.366. The number of likely N-dealkylation sites (N-methyl/N-ethyl adjacent to an activating group) is 1. The minimum absolute atomic E-state index is 0.263. The fourth-order valence-corrected chi connectivity index (χ4v) is 5.09. The molecule has 0 saturated carbocycles. The van der Waals surface area contributed by atoms with Crippen molar-refractivity contribution in [1.29, 1.82) is 0 Å². The Morgan fingerprint density at radius 1 is 1.05 bits per heavy atom. The lowest BCUT2D eigenvalue weighted by atomic mass is 9.82. The van der Waals surface area contributed by atoms with Crippen LogP contribution in [0.4, 0.5) is 19.0 Å². The molecule has 2 aromatic heterocycles. The van der Waals surface area contributed by atoms with Crippen LogP contribution in [0.15, 0.2) is 77.5 Å².